The van der Waals surface area contributed by atoms with Crippen molar-refractivity contribution in [1.82, 2.24) is 0 Å². The van der Waals surface area contributed by atoms with Gasteiger partial charge in [0.1, 0.15) is 11.6 Å². The molecule has 0 bridgehead atoms. The Kier molecular flexibility index (Phi) is 5.76. The topological polar surface area (TPSA) is 129 Å². The summed E-state index contributed by atoms with van der Waals surface area (Å²) >= 11 is 0. The van der Waals surface area contributed by atoms with Crippen LogP contribution in [0.2, 0.25) is 0 Å². The van der Waals surface area contributed by atoms with Gasteiger partial charge in [-0.05, 0) is 60.7 Å². The first kappa shape index (κ1) is 20.2. The summed E-state index contributed by atoms with van der Waals surface area (Å²) in [6.45, 7) is -0.581. The van der Waals surface area contributed by atoms with E-state index in [0.717, 1.165) is 0 Å². The molecule has 0 saturated heterocycles. The molecule has 0 atom stereocenters. The highest BCUT2D eigenvalue weighted by atomic mass is 32.2. The van der Waals surface area contributed by atoms with Crippen LogP contribution < -0.4 is 10.5 Å². The Labute approximate surface area is 165 Å². The molecule has 0 unspecified atom stereocenters. The number of hydrogen-bond donors (Lipinski definition) is 2. The van der Waals surface area contributed by atoms with Crippen LogP contribution in [0.4, 0.5) is 10.1 Å². The third-order valence-corrected chi connectivity index (χ3v) is 4.67. The van der Waals surface area contributed by atoms with Gasteiger partial charge < -0.3 is 14.5 Å². The first-order valence-electron chi connectivity index (χ1n) is 8.18. The fourth-order valence-corrected chi connectivity index (χ4v) is 2.86. The highest BCUT2D eigenvalue weighted by Gasteiger charge is 2.16. The fraction of sp³-hybridized carbons (Fsp3) is 0.0526. The van der Waals surface area contributed by atoms with E-state index in [0.29, 0.717) is 17.0 Å². The first-order chi connectivity index (χ1) is 13.7. The van der Waals surface area contributed by atoms with Crippen LogP contribution in [0.25, 0.3) is 11.3 Å². The average molecular weight is 418 g/mol. The van der Waals surface area contributed by atoms with Crippen molar-refractivity contribution in [2.45, 2.75) is 4.90 Å². The number of primary sulfonamides is 1. The summed E-state index contributed by atoms with van der Waals surface area (Å²) in [6.07, 6.45) is 0. The van der Waals surface area contributed by atoms with E-state index in [1.54, 1.807) is 0 Å². The largest absolute Gasteiger partial charge is 0.450 e. The van der Waals surface area contributed by atoms with Crippen molar-refractivity contribution in [2.24, 2.45) is 5.14 Å². The van der Waals surface area contributed by atoms with Gasteiger partial charge in [-0.25, -0.2) is 22.7 Å². The van der Waals surface area contributed by atoms with Gasteiger partial charge in [-0.1, -0.05) is 0 Å². The van der Waals surface area contributed by atoms with E-state index in [2.05, 4.69) is 5.32 Å². The fourth-order valence-electron chi connectivity index (χ4n) is 2.34. The maximum atomic E-state index is 13.0. The molecule has 0 radical (unpaired) electrons. The second-order valence-corrected chi connectivity index (χ2v) is 7.43. The van der Waals surface area contributed by atoms with Gasteiger partial charge in [0.05, 0.1) is 4.90 Å². The molecule has 8 nitrogen and oxygen atoms in total. The van der Waals surface area contributed by atoms with Crippen molar-refractivity contribution in [3.63, 3.8) is 0 Å². The average Bonchev–Trinajstić information content (AvgIpc) is 3.17. The molecule has 0 spiro atoms. The summed E-state index contributed by atoms with van der Waals surface area (Å²) in [6, 6.07) is 13.6. The molecular weight excluding hydrogens is 403 g/mol. The second kappa shape index (κ2) is 8.25. The summed E-state index contributed by atoms with van der Waals surface area (Å²) < 4.78 is 45.6. The normalized spacial score (nSPS) is 11.1. The molecule has 0 saturated carbocycles. The lowest BCUT2D eigenvalue weighted by Crippen LogP contribution is -2.20. The number of nitrogens with two attached hydrogens (primary N) is 1. The predicted octanol–water partition coefficient (Wildman–Crippen LogP) is 2.53. The standard InChI is InChI=1S/C19H15FN2O6S/c20-13-3-1-12(2-4-13)16-9-10-17(28-16)19(24)27-11-18(23)22-14-5-7-15(8-6-14)29(21,25)26/h1-10H,11H2,(H,22,23)(H2,21,25,26). The van der Waals surface area contributed by atoms with Crippen LogP contribution >= 0.6 is 0 Å². The third kappa shape index (κ3) is 5.27. The summed E-state index contributed by atoms with van der Waals surface area (Å²) in [5, 5.41) is 7.44. The first-order valence-corrected chi connectivity index (χ1v) is 9.72. The summed E-state index contributed by atoms with van der Waals surface area (Å²) in [4.78, 5) is 23.8. The Morgan fingerprint density at radius 3 is 2.28 bits per heavy atom. The number of carbonyl (C=O) groups excluding carboxylic acids is 2. The Morgan fingerprint density at radius 1 is 1.00 bits per heavy atom. The van der Waals surface area contributed by atoms with Gasteiger partial charge in [0, 0.05) is 11.3 Å². The molecule has 1 aromatic heterocycles. The van der Waals surface area contributed by atoms with Crippen molar-refractivity contribution >= 4 is 27.6 Å². The van der Waals surface area contributed by atoms with Crippen LogP contribution in [-0.2, 0) is 19.6 Å². The highest BCUT2D eigenvalue weighted by Crippen LogP contribution is 2.22. The van der Waals surface area contributed by atoms with Crippen LogP contribution in [0.5, 0.6) is 0 Å². The Morgan fingerprint density at radius 2 is 1.66 bits per heavy atom. The lowest BCUT2D eigenvalue weighted by Gasteiger charge is -2.06. The van der Waals surface area contributed by atoms with Gasteiger partial charge in [-0.15, -0.1) is 0 Å². The van der Waals surface area contributed by atoms with E-state index < -0.39 is 34.3 Å². The molecule has 1 heterocycles. The highest BCUT2D eigenvalue weighted by molar-refractivity contribution is 7.89. The van der Waals surface area contributed by atoms with Crippen LogP contribution in [0.1, 0.15) is 10.6 Å². The second-order valence-electron chi connectivity index (χ2n) is 5.86. The molecule has 150 valence electrons. The number of ether oxygens (including phenoxy) is 1. The molecule has 1 amide bonds. The lowest BCUT2D eigenvalue weighted by molar-refractivity contribution is -0.119. The zero-order valence-electron chi connectivity index (χ0n) is 14.8. The molecule has 3 rings (SSSR count). The van der Waals surface area contributed by atoms with E-state index >= 15 is 0 Å². The molecule has 3 N–H and O–H groups in total. The number of benzene rings is 2. The van der Waals surface area contributed by atoms with Gasteiger partial charge in [-0.3, -0.25) is 4.79 Å². The van der Waals surface area contributed by atoms with E-state index in [4.69, 9.17) is 14.3 Å². The third-order valence-electron chi connectivity index (χ3n) is 3.74. The molecule has 0 aliphatic carbocycles. The van der Waals surface area contributed by atoms with Crippen molar-refractivity contribution in [3.8, 4) is 11.3 Å². The monoisotopic (exact) mass is 418 g/mol. The smallest absolute Gasteiger partial charge is 0.374 e. The minimum absolute atomic E-state index is 0.100. The number of rotatable bonds is 6. The number of nitrogens with one attached hydrogen (secondary N) is 1. The zero-order valence-corrected chi connectivity index (χ0v) is 15.6. The van der Waals surface area contributed by atoms with E-state index in [-0.39, 0.29) is 10.7 Å². The molecule has 29 heavy (non-hydrogen) atoms. The van der Waals surface area contributed by atoms with E-state index in [1.807, 2.05) is 0 Å². The molecule has 0 aliphatic rings. The molecular formula is C19H15FN2O6S. The van der Waals surface area contributed by atoms with Crippen molar-refractivity contribution in [1.29, 1.82) is 0 Å². The van der Waals surface area contributed by atoms with Crippen molar-refractivity contribution in [2.75, 3.05) is 11.9 Å². The maximum absolute atomic E-state index is 13.0. The molecule has 3 aromatic rings. The van der Waals surface area contributed by atoms with Crippen molar-refractivity contribution in [3.05, 3.63) is 72.2 Å². The van der Waals surface area contributed by atoms with E-state index in [9.17, 15) is 22.4 Å². The number of esters is 1. The van der Waals surface area contributed by atoms with Crippen LogP contribution in [0, 0.1) is 5.82 Å². The predicted molar refractivity (Wildman–Crippen MR) is 101 cm³/mol. The Balaban J connectivity index is 1.55. The molecule has 2 aromatic carbocycles. The number of hydrogen-bond acceptors (Lipinski definition) is 6. The number of amides is 1. The maximum Gasteiger partial charge on any atom is 0.374 e. The number of anilines is 1. The molecule has 10 heteroatoms. The van der Waals surface area contributed by atoms with Crippen LogP contribution in [0.3, 0.4) is 0 Å². The Bertz CT molecular complexity index is 1140. The summed E-state index contributed by atoms with van der Waals surface area (Å²) in [5.41, 5.74) is 0.876. The van der Waals surface area contributed by atoms with Crippen LogP contribution in [0.15, 0.2) is 70.0 Å². The van der Waals surface area contributed by atoms with Gasteiger partial charge in [0.25, 0.3) is 5.91 Å². The number of halogens is 1. The lowest BCUT2D eigenvalue weighted by atomic mass is 10.2. The minimum atomic E-state index is -3.83. The van der Waals surface area contributed by atoms with Gasteiger partial charge in [0.2, 0.25) is 15.8 Å². The summed E-state index contributed by atoms with van der Waals surface area (Å²) in [5.74, 6) is -1.65. The zero-order chi connectivity index (χ0) is 21.0. The number of sulfonamides is 1. The minimum Gasteiger partial charge on any atom is -0.450 e. The number of carbonyl (C=O) groups is 2. The van der Waals surface area contributed by atoms with Crippen molar-refractivity contribution < 1.29 is 31.6 Å². The van der Waals surface area contributed by atoms with E-state index in [1.165, 1.54) is 60.7 Å². The summed E-state index contributed by atoms with van der Waals surface area (Å²) in [7, 11) is -3.83. The van der Waals surface area contributed by atoms with Crippen LogP contribution in [-0.4, -0.2) is 26.9 Å². The molecule has 0 fully saturated rings. The van der Waals surface area contributed by atoms with Gasteiger partial charge in [0.15, 0.2) is 6.61 Å². The molecule has 0 aliphatic heterocycles. The Hall–Kier alpha value is -3.50. The van der Waals surface area contributed by atoms with Gasteiger partial charge >= 0.3 is 5.97 Å². The number of furan rings is 1. The van der Waals surface area contributed by atoms with Gasteiger partial charge in [-0.2, -0.15) is 0 Å². The SMILES string of the molecule is NS(=O)(=O)c1ccc(NC(=O)COC(=O)c2ccc(-c3ccc(F)cc3)o2)cc1. The quantitative estimate of drug-likeness (QED) is 0.592.